The van der Waals surface area contributed by atoms with Crippen molar-refractivity contribution >= 4 is 34.2 Å². The minimum Gasteiger partial charge on any atom is -0.387 e. The van der Waals surface area contributed by atoms with E-state index < -0.39 is 6.10 Å². The minimum absolute atomic E-state index is 0.500. The van der Waals surface area contributed by atoms with E-state index >= 15 is 0 Å². The lowest BCUT2D eigenvalue weighted by Gasteiger charge is -2.12. The van der Waals surface area contributed by atoms with Crippen LogP contribution >= 0.6 is 34.2 Å². The highest BCUT2D eigenvalue weighted by Gasteiger charge is 2.09. The molecule has 84 valence electrons. The Bertz CT molecular complexity index is 469. The third-order valence-electron chi connectivity index (χ3n) is 2.29. The highest BCUT2D eigenvalue weighted by molar-refractivity contribution is 14.1. The SMILES string of the molecule is OC(Cn1ccnc1I)c1ccc(Cl)cc1. The molecule has 3 nitrogen and oxygen atoms in total. The van der Waals surface area contributed by atoms with Gasteiger partial charge in [0.1, 0.15) is 0 Å². The number of benzene rings is 1. The van der Waals surface area contributed by atoms with E-state index in [1.165, 1.54) is 0 Å². The number of aromatic nitrogens is 2. The monoisotopic (exact) mass is 348 g/mol. The molecule has 2 aromatic rings. The zero-order chi connectivity index (χ0) is 11.5. The molecule has 1 unspecified atom stereocenters. The Hall–Kier alpha value is -0.590. The number of nitrogens with zero attached hydrogens (tertiary/aromatic N) is 2. The minimum atomic E-state index is -0.542. The molecule has 0 aliphatic rings. The molecule has 0 radical (unpaired) electrons. The molecular weight excluding hydrogens is 338 g/mol. The van der Waals surface area contributed by atoms with E-state index in [2.05, 4.69) is 27.6 Å². The summed E-state index contributed by atoms with van der Waals surface area (Å²) in [7, 11) is 0. The van der Waals surface area contributed by atoms with Crippen molar-refractivity contribution in [2.75, 3.05) is 0 Å². The first-order valence-corrected chi connectivity index (χ1v) is 6.22. The second kappa shape index (κ2) is 5.16. The highest BCUT2D eigenvalue weighted by Crippen LogP contribution is 2.18. The average molecular weight is 349 g/mol. The number of aliphatic hydroxyl groups is 1. The Labute approximate surface area is 112 Å². The van der Waals surface area contributed by atoms with Crippen LogP contribution in [0.25, 0.3) is 0 Å². The predicted octanol–water partition coefficient (Wildman–Crippen LogP) is 2.87. The maximum Gasteiger partial charge on any atom is 0.171 e. The Morgan fingerprint density at radius 1 is 1.38 bits per heavy atom. The summed E-state index contributed by atoms with van der Waals surface area (Å²) < 4.78 is 2.77. The van der Waals surface area contributed by atoms with Gasteiger partial charge in [0.15, 0.2) is 3.83 Å². The smallest absolute Gasteiger partial charge is 0.171 e. The number of rotatable bonds is 3. The molecular formula is C11H10ClIN2O. The number of imidazole rings is 1. The quantitative estimate of drug-likeness (QED) is 0.866. The Morgan fingerprint density at radius 2 is 2.06 bits per heavy atom. The molecule has 0 aliphatic carbocycles. The number of hydrogen-bond donors (Lipinski definition) is 1. The van der Waals surface area contributed by atoms with Gasteiger partial charge in [-0.25, -0.2) is 4.98 Å². The van der Waals surface area contributed by atoms with Crippen molar-refractivity contribution in [3.05, 3.63) is 51.1 Å². The van der Waals surface area contributed by atoms with Crippen molar-refractivity contribution in [3.8, 4) is 0 Å². The van der Waals surface area contributed by atoms with E-state index in [-0.39, 0.29) is 0 Å². The van der Waals surface area contributed by atoms with Gasteiger partial charge in [-0.3, -0.25) is 0 Å². The van der Waals surface area contributed by atoms with E-state index in [0.29, 0.717) is 11.6 Å². The summed E-state index contributed by atoms with van der Waals surface area (Å²) in [5.41, 5.74) is 0.855. The molecule has 0 saturated carbocycles. The first kappa shape index (κ1) is 11.9. The van der Waals surface area contributed by atoms with Crippen molar-refractivity contribution < 1.29 is 5.11 Å². The molecule has 5 heteroatoms. The average Bonchev–Trinajstić information content (AvgIpc) is 2.65. The number of hydrogen-bond acceptors (Lipinski definition) is 2. The normalized spacial score (nSPS) is 12.7. The fourth-order valence-electron chi connectivity index (χ4n) is 1.42. The molecule has 1 N–H and O–H groups in total. The van der Waals surface area contributed by atoms with Gasteiger partial charge < -0.3 is 9.67 Å². The van der Waals surface area contributed by atoms with E-state index in [9.17, 15) is 5.11 Å². The molecule has 1 aromatic carbocycles. The summed E-state index contributed by atoms with van der Waals surface area (Å²) in [5, 5.41) is 10.7. The van der Waals surface area contributed by atoms with Gasteiger partial charge in [-0.15, -0.1) is 0 Å². The van der Waals surface area contributed by atoms with Crippen LogP contribution in [0.4, 0.5) is 0 Å². The van der Waals surface area contributed by atoms with Gasteiger partial charge in [-0.2, -0.15) is 0 Å². The lowest BCUT2D eigenvalue weighted by atomic mass is 10.1. The largest absolute Gasteiger partial charge is 0.387 e. The molecule has 0 saturated heterocycles. The Balaban J connectivity index is 2.11. The second-order valence-electron chi connectivity index (χ2n) is 3.42. The molecule has 2 rings (SSSR count). The van der Waals surface area contributed by atoms with Crippen LogP contribution in [0.5, 0.6) is 0 Å². The van der Waals surface area contributed by atoms with Gasteiger partial charge in [0.25, 0.3) is 0 Å². The van der Waals surface area contributed by atoms with Gasteiger partial charge in [-0.1, -0.05) is 23.7 Å². The van der Waals surface area contributed by atoms with Crippen molar-refractivity contribution in [2.45, 2.75) is 12.6 Å². The Kier molecular flexibility index (Phi) is 3.83. The van der Waals surface area contributed by atoms with Crippen LogP contribution in [0.15, 0.2) is 36.7 Å². The lowest BCUT2D eigenvalue weighted by Crippen LogP contribution is -2.09. The number of halogens is 2. The lowest BCUT2D eigenvalue weighted by molar-refractivity contribution is 0.155. The van der Waals surface area contributed by atoms with E-state index in [0.717, 1.165) is 9.39 Å². The van der Waals surface area contributed by atoms with Gasteiger partial charge in [-0.05, 0) is 40.3 Å². The summed E-state index contributed by atoms with van der Waals surface area (Å²) in [6.07, 6.45) is 3.03. The highest BCUT2D eigenvalue weighted by atomic mass is 127. The van der Waals surface area contributed by atoms with Gasteiger partial charge in [0.05, 0.1) is 12.6 Å². The van der Waals surface area contributed by atoms with Crippen LogP contribution in [-0.2, 0) is 6.54 Å². The van der Waals surface area contributed by atoms with Crippen LogP contribution in [0.3, 0.4) is 0 Å². The van der Waals surface area contributed by atoms with Crippen molar-refractivity contribution in [1.29, 1.82) is 0 Å². The molecule has 1 aromatic heterocycles. The fourth-order valence-corrected chi connectivity index (χ4v) is 2.07. The van der Waals surface area contributed by atoms with Crippen molar-refractivity contribution in [1.82, 2.24) is 9.55 Å². The van der Waals surface area contributed by atoms with Crippen LogP contribution in [0, 0.1) is 3.83 Å². The molecule has 0 fully saturated rings. The van der Waals surface area contributed by atoms with Crippen molar-refractivity contribution in [3.63, 3.8) is 0 Å². The zero-order valence-corrected chi connectivity index (χ0v) is 11.3. The van der Waals surface area contributed by atoms with E-state index in [1.807, 2.05) is 22.9 Å². The third kappa shape index (κ3) is 2.75. The fraction of sp³-hybridized carbons (Fsp3) is 0.182. The molecule has 16 heavy (non-hydrogen) atoms. The predicted molar refractivity (Wildman–Crippen MR) is 71.4 cm³/mol. The molecule has 0 amide bonds. The molecule has 0 bridgehead atoms. The van der Waals surface area contributed by atoms with Crippen LogP contribution in [0.1, 0.15) is 11.7 Å². The standard InChI is InChI=1S/C11H10ClIN2O/c12-9-3-1-8(2-4-9)10(16)7-15-6-5-14-11(15)13/h1-6,10,16H,7H2. The molecule has 1 heterocycles. The maximum atomic E-state index is 10.0. The topological polar surface area (TPSA) is 38.0 Å². The summed E-state index contributed by atoms with van der Waals surface area (Å²) in [6, 6.07) is 7.21. The first-order valence-electron chi connectivity index (χ1n) is 4.77. The van der Waals surface area contributed by atoms with Crippen molar-refractivity contribution in [2.24, 2.45) is 0 Å². The third-order valence-corrected chi connectivity index (χ3v) is 3.44. The maximum absolute atomic E-state index is 10.0. The second-order valence-corrected chi connectivity index (χ2v) is 4.82. The summed E-state index contributed by atoms with van der Waals surface area (Å²) in [5.74, 6) is 0. The first-order chi connectivity index (χ1) is 7.66. The summed E-state index contributed by atoms with van der Waals surface area (Å²) in [4.78, 5) is 4.09. The summed E-state index contributed by atoms with van der Waals surface area (Å²) >= 11 is 7.92. The van der Waals surface area contributed by atoms with Gasteiger partial charge in [0.2, 0.25) is 0 Å². The Morgan fingerprint density at radius 3 is 2.62 bits per heavy atom. The van der Waals surface area contributed by atoms with E-state index in [4.69, 9.17) is 11.6 Å². The summed E-state index contributed by atoms with van der Waals surface area (Å²) in [6.45, 7) is 0.500. The molecule has 1 atom stereocenters. The van der Waals surface area contributed by atoms with Crippen LogP contribution in [0.2, 0.25) is 5.02 Å². The van der Waals surface area contributed by atoms with Gasteiger partial charge in [0, 0.05) is 17.4 Å². The van der Waals surface area contributed by atoms with Crippen LogP contribution in [-0.4, -0.2) is 14.7 Å². The zero-order valence-electron chi connectivity index (χ0n) is 8.35. The number of aliphatic hydroxyl groups excluding tert-OH is 1. The molecule has 0 aliphatic heterocycles. The van der Waals surface area contributed by atoms with Crippen LogP contribution < -0.4 is 0 Å². The van der Waals surface area contributed by atoms with Gasteiger partial charge >= 0.3 is 0 Å². The van der Waals surface area contributed by atoms with E-state index in [1.54, 1.807) is 18.3 Å². The molecule has 0 spiro atoms.